The predicted octanol–water partition coefficient (Wildman–Crippen LogP) is 3.32. The van der Waals surface area contributed by atoms with Crippen LogP contribution < -0.4 is 16.2 Å². The van der Waals surface area contributed by atoms with E-state index in [9.17, 15) is 14.0 Å². The van der Waals surface area contributed by atoms with Crippen molar-refractivity contribution in [2.75, 3.05) is 30.7 Å². The summed E-state index contributed by atoms with van der Waals surface area (Å²) in [6, 6.07) is 11.2. The number of carbonyl (C=O) groups is 1. The number of thioether (sulfide) groups is 1. The third kappa shape index (κ3) is 4.48. The molecule has 1 fully saturated rings. The van der Waals surface area contributed by atoms with Crippen molar-refractivity contribution in [1.29, 1.82) is 0 Å². The predicted molar refractivity (Wildman–Crippen MR) is 135 cm³/mol. The zero-order valence-corrected chi connectivity index (χ0v) is 20.2. The van der Waals surface area contributed by atoms with Crippen LogP contribution in [-0.4, -0.2) is 51.8 Å². The second kappa shape index (κ2) is 9.37. The molecular formula is C26H28FN5O2S. The van der Waals surface area contributed by atoms with Crippen molar-refractivity contribution >= 4 is 34.4 Å². The molecule has 0 radical (unpaired) electrons. The SMILES string of the molecule is O=C1CSc2ccc(CNC3CCN(CC4CCn5c(=O)ccc6ccc(F)c4c65)CC3)nc2N1. The molecule has 0 bridgehead atoms. The Balaban J connectivity index is 1.07. The summed E-state index contributed by atoms with van der Waals surface area (Å²) in [6.07, 6.45) is 2.82. The third-order valence-corrected chi connectivity index (χ3v) is 8.46. The highest BCUT2D eigenvalue weighted by molar-refractivity contribution is 8.00. The Hall–Kier alpha value is -2.75. The quantitative estimate of drug-likeness (QED) is 0.568. The van der Waals surface area contributed by atoms with Gasteiger partial charge in [-0.05, 0) is 68.1 Å². The van der Waals surface area contributed by atoms with Crippen LogP contribution in [0.1, 0.15) is 36.4 Å². The van der Waals surface area contributed by atoms with Gasteiger partial charge in [0.2, 0.25) is 5.91 Å². The van der Waals surface area contributed by atoms with Crippen molar-refractivity contribution in [3.63, 3.8) is 0 Å². The first kappa shape index (κ1) is 22.7. The molecule has 1 atom stereocenters. The van der Waals surface area contributed by atoms with Crippen LogP contribution in [0.15, 0.2) is 46.1 Å². The zero-order chi connectivity index (χ0) is 23.9. The molecule has 1 saturated heterocycles. The minimum Gasteiger partial charge on any atom is -0.309 e. The number of anilines is 1. The van der Waals surface area contributed by atoms with Gasteiger partial charge in [0.1, 0.15) is 11.6 Å². The normalized spacial score (nSPS) is 20.6. The fourth-order valence-corrected chi connectivity index (χ4v) is 6.36. The summed E-state index contributed by atoms with van der Waals surface area (Å²) in [5.74, 6) is 0.998. The highest BCUT2D eigenvalue weighted by atomic mass is 32.2. The number of halogens is 1. The number of aryl methyl sites for hydroxylation is 1. The van der Waals surface area contributed by atoms with Gasteiger partial charge in [0.05, 0.1) is 21.9 Å². The molecule has 3 aliphatic heterocycles. The number of fused-ring (bicyclic) bond motifs is 1. The fourth-order valence-electron chi connectivity index (χ4n) is 5.60. The lowest BCUT2D eigenvalue weighted by Crippen LogP contribution is -2.44. The minimum atomic E-state index is -0.203. The van der Waals surface area contributed by atoms with E-state index in [0.717, 1.165) is 60.4 Å². The zero-order valence-electron chi connectivity index (χ0n) is 19.4. The van der Waals surface area contributed by atoms with E-state index >= 15 is 0 Å². The maximum Gasteiger partial charge on any atom is 0.251 e. The maximum absolute atomic E-state index is 14.9. The van der Waals surface area contributed by atoms with Gasteiger partial charge in [0.15, 0.2) is 0 Å². The van der Waals surface area contributed by atoms with E-state index in [0.29, 0.717) is 36.3 Å². The van der Waals surface area contributed by atoms with Crippen LogP contribution in [0.25, 0.3) is 10.9 Å². The van der Waals surface area contributed by atoms with E-state index in [-0.39, 0.29) is 23.2 Å². The van der Waals surface area contributed by atoms with Crippen molar-refractivity contribution in [3.8, 4) is 0 Å². The molecule has 1 unspecified atom stereocenters. The topological polar surface area (TPSA) is 79.3 Å². The van der Waals surface area contributed by atoms with Crippen LogP contribution in [0.5, 0.6) is 0 Å². The molecule has 3 aromatic rings. The summed E-state index contributed by atoms with van der Waals surface area (Å²) >= 11 is 1.52. The van der Waals surface area contributed by atoms with Gasteiger partial charge in [-0.15, -0.1) is 11.8 Å². The largest absolute Gasteiger partial charge is 0.309 e. The van der Waals surface area contributed by atoms with E-state index < -0.39 is 0 Å². The Bertz CT molecular complexity index is 1350. The monoisotopic (exact) mass is 493 g/mol. The van der Waals surface area contributed by atoms with Crippen molar-refractivity contribution in [2.45, 2.75) is 49.2 Å². The molecule has 35 heavy (non-hydrogen) atoms. The standard InChI is InChI=1S/C26H28FN5O2S/c27-20-4-1-16-2-6-23(34)32-12-7-17(24(20)25(16)32)14-31-10-8-18(9-11-31)28-13-19-3-5-21-26(29-19)30-22(33)15-35-21/h1-6,17-18,28H,7-15H2,(H,29,30,33). The van der Waals surface area contributed by atoms with Gasteiger partial charge in [-0.3, -0.25) is 9.59 Å². The highest BCUT2D eigenvalue weighted by Gasteiger charge is 2.29. The van der Waals surface area contributed by atoms with E-state index in [4.69, 9.17) is 0 Å². The Morgan fingerprint density at radius 3 is 2.74 bits per heavy atom. The van der Waals surface area contributed by atoms with Crippen LogP contribution in [0.3, 0.4) is 0 Å². The molecule has 0 spiro atoms. The summed E-state index contributed by atoms with van der Waals surface area (Å²) in [5, 5.41) is 7.40. The van der Waals surface area contributed by atoms with Crippen LogP contribution >= 0.6 is 11.8 Å². The number of hydrogen-bond donors (Lipinski definition) is 2. The van der Waals surface area contributed by atoms with Gasteiger partial charge in [-0.1, -0.05) is 0 Å². The third-order valence-electron chi connectivity index (χ3n) is 7.42. The Morgan fingerprint density at radius 1 is 1.06 bits per heavy atom. The Morgan fingerprint density at radius 2 is 1.89 bits per heavy atom. The number of aromatic nitrogens is 2. The first-order valence-corrected chi connectivity index (χ1v) is 13.2. The van der Waals surface area contributed by atoms with Crippen molar-refractivity contribution < 1.29 is 9.18 Å². The molecule has 2 aromatic heterocycles. The number of benzene rings is 1. The molecule has 3 aliphatic rings. The molecular weight excluding hydrogens is 465 g/mol. The van der Waals surface area contributed by atoms with Crippen LogP contribution in [0, 0.1) is 5.82 Å². The van der Waals surface area contributed by atoms with Crippen molar-refractivity contribution in [1.82, 2.24) is 19.8 Å². The summed E-state index contributed by atoms with van der Waals surface area (Å²) in [6.45, 7) is 4.03. The number of carbonyl (C=O) groups excluding carboxylic acids is 1. The lowest BCUT2D eigenvalue weighted by molar-refractivity contribution is -0.113. The lowest BCUT2D eigenvalue weighted by atomic mass is 9.88. The lowest BCUT2D eigenvalue weighted by Gasteiger charge is -2.36. The van der Waals surface area contributed by atoms with Gasteiger partial charge >= 0.3 is 0 Å². The molecule has 1 amide bonds. The number of hydrogen-bond acceptors (Lipinski definition) is 6. The van der Waals surface area contributed by atoms with Crippen LogP contribution in [0.4, 0.5) is 10.2 Å². The molecule has 9 heteroatoms. The van der Waals surface area contributed by atoms with E-state index in [1.165, 1.54) is 11.8 Å². The molecule has 5 heterocycles. The summed E-state index contributed by atoms with van der Waals surface area (Å²) in [5.41, 5.74) is 2.35. The number of piperidine rings is 1. The summed E-state index contributed by atoms with van der Waals surface area (Å²) in [7, 11) is 0. The number of nitrogens with one attached hydrogen (secondary N) is 2. The highest BCUT2D eigenvalue weighted by Crippen LogP contribution is 2.35. The van der Waals surface area contributed by atoms with Crippen molar-refractivity contribution in [3.05, 3.63) is 63.8 Å². The van der Waals surface area contributed by atoms with Crippen LogP contribution in [-0.2, 0) is 17.9 Å². The van der Waals surface area contributed by atoms with E-state index in [1.54, 1.807) is 28.8 Å². The van der Waals surface area contributed by atoms with Crippen LogP contribution in [0.2, 0.25) is 0 Å². The molecule has 2 N–H and O–H groups in total. The number of rotatable bonds is 5. The first-order chi connectivity index (χ1) is 17.0. The fraction of sp³-hybridized carbons (Fsp3) is 0.423. The van der Waals surface area contributed by atoms with E-state index in [1.807, 2.05) is 12.1 Å². The number of nitrogens with zero attached hydrogens (tertiary/aromatic N) is 3. The smallest absolute Gasteiger partial charge is 0.251 e. The van der Waals surface area contributed by atoms with Gasteiger partial charge in [-0.2, -0.15) is 0 Å². The minimum absolute atomic E-state index is 0.00267. The number of amides is 1. The van der Waals surface area contributed by atoms with Gasteiger partial charge in [-0.25, -0.2) is 9.37 Å². The molecule has 0 saturated carbocycles. The van der Waals surface area contributed by atoms with Crippen molar-refractivity contribution in [2.24, 2.45) is 0 Å². The summed E-state index contributed by atoms with van der Waals surface area (Å²) < 4.78 is 16.7. The van der Waals surface area contributed by atoms with Gasteiger partial charge in [0, 0.05) is 43.2 Å². The average Bonchev–Trinajstić information content (AvgIpc) is 2.87. The Kier molecular flexibility index (Phi) is 6.07. The molecule has 1 aromatic carbocycles. The average molecular weight is 494 g/mol. The molecule has 182 valence electrons. The van der Waals surface area contributed by atoms with E-state index in [2.05, 4.69) is 20.5 Å². The second-order valence-electron chi connectivity index (χ2n) is 9.65. The summed E-state index contributed by atoms with van der Waals surface area (Å²) in [4.78, 5) is 32.0. The van der Waals surface area contributed by atoms with Gasteiger partial charge in [0.25, 0.3) is 5.56 Å². The second-order valence-corrected chi connectivity index (χ2v) is 10.7. The molecule has 6 rings (SSSR count). The number of likely N-dealkylation sites (tertiary alicyclic amines) is 1. The van der Waals surface area contributed by atoms with Gasteiger partial charge < -0.3 is 20.1 Å². The molecule has 7 nitrogen and oxygen atoms in total. The Labute approximate surface area is 207 Å². The molecule has 0 aliphatic carbocycles. The maximum atomic E-state index is 14.9. The number of pyridine rings is 2. The first-order valence-electron chi connectivity index (χ1n) is 12.3.